The Morgan fingerprint density at radius 1 is 0.268 bits per heavy atom. The van der Waals surface area contributed by atoms with Crippen LogP contribution in [0.2, 0.25) is 0 Å². The number of aliphatic hydroxyl groups is 2. The van der Waals surface area contributed by atoms with Crippen LogP contribution in [0.5, 0.6) is 46.0 Å². The second-order valence-electron chi connectivity index (χ2n) is 36.6. The first-order valence-corrected chi connectivity index (χ1v) is 50.2. The van der Waals surface area contributed by atoms with Crippen molar-refractivity contribution >= 4 is 47.6 Å². The van der Waals surface area contributed by atoms with Crippen LogP contribution in [0.1, 0.15) is 317 Å². The predicted molar refractivity (Wildman–Crippen MR) is 549 cm³/mol. The zero-order chi connectivity index (χ0) is 98.8. The molecule has 0 atom stereocenters. The lowest BCUT2D eigenvalue weighted by Gasteiger charge is -2.25. The first-order valence-electron chi connectivity index (χ1n) is 50.2. The third-order valence-corrected chi connectivity index (χ3v) is 24.4. The summed E-state index contributed by atoms with van der Waals surface area (Å²) in [6.45, 7) is 23.3. The van der Waals surface area contributed by atoms with E-state index in [0.29, 0.717) is 168 Å². The maximum Gasteiger partial charge on any atom is 0.434 e. The molecule has 2 aliphatic rings. The van der Waals surface area contributed by atoms with Crippen molar-refractivity contribution in [1.82, 2.24) is 31.9 Å². The van der Waals surface area contributed by atoms with Gasteiger partial charge in [0, 0.05) is 83.8 Å². The largest absolute Gasteiger partial charge is 0.497 e. The van der Waals surface area contributed by atoms with Gasteiger partial charge in [-0.15, -0.1) is 0 Å². The molecule has 0 aliphatic heterocycles. The van der Waals surface area contributed by atoms with Crippen LogP contribution in [-0.4, -0.2) is 111 Å². The van der Waals surface area contributed by atoms with Crippen molar-refractivity contribution in [2.24, 2.45) is 27.2 Å². The number of rotatable bonds is 53. The molecule has 0 radical (unpaired) electrons. The summed E-state index contributed by atoms with van der Waals surface area (Å²) in [6, 6.07) is 34.7. The lowest BCUT2D eigenvalue weighted by molar-refractivity contribution is -0.310. The summed E-state index contributed by atoms with van der Waals surface area (Å²) in [5, 5.41) is 87.2. The SMILES string of the molecule is CCCCOc1c2cc(CN=C(O)CCCCC(O)=NCc3cc4c(OCCCC)c(c3)Cc3cc(CNC(=[NH2+])[NH3+])cc(c3OCCCC)Cc3cc(CNC(=N)N)cc(c3OCCCC)Cc3cc(CNC(=[NH2+])[NH3+])cc(c3OCCCC)C4)cc1Cc1cc(CNC(=[NH2+])[NH3+])cc(c1OCCCC)Cc1cc(CNC(=N)N)cc(c1OCCCC)Cc1cc(CNC(=N)N)cc(c1OCCCC)C2. The highest BCUT2D eigenvalue weighted by molar-refractivity contribution is 5.77. The number of aliphatic hydroxyl groups excluding tert-OH is 2. The summed E-state index contributed by atoms with van der Waals surface area (Å²) < 4.78 is 57.0. The zero-order valence-electron chi connectivity index (χ0n) is 83.5. The second kappa shape index (κ2) is 56.2. The molecule has 32 N–H and O–H groups in total. The van der Waals surface area contributed by atoms with Gasteiger partial charge < -0.3 is 81.3 Å². The molecule has 30 heteroatoms. The van der Waals surface area contributed by atoms with Gasteiger partial charge in [0.05, 0.1) is 65.9 Å². The smallest absolute Gasteiger partial charge is 0.434 e. The Balaban J connectivity index is 1.06. The number of benzene rings is 8. The second-order valence-corrected chi connectivity index (χ2v) is 36.6. The molecular formula is C108H160N20O10+6. The maximum absolute atomic E-state index is 12.1. The van der Waals surface area contributed by atoms with Gasteiger partial charge in [-0.25, -0.2) is 32.2 Å². The molecule has 30 nitrogen and oxygen atoms in total. The number of guanidine groups is 6. The van der Waals surface area contributed by atoms with Gasteiger partial charge in [-0.1, -0.05) is 107 Å². The number of nitrogens with two attached hydrogens (primary N) is 6. The van der Waals surface area contributed by atoms with Gasteiger partial charge in [0.15, 0.2) is 29.7 Å². The third kappa shape index (κ3) is 33.5. The average molecular weight is 1900 g/mol. The van der Waals surface area contributed by atoms with E-state index in [9.17, 15) is 10.2 Å². The molecule has 0 unspecified atom stereocenters. The van der Waals surface area contributed by atoms with Crippen molar-refractivity contribution in [3.8, 4) is 46.0 Å². The number of fused-ring (bicyclic) bond motifs is 16. The summed E-state index contributed by atoms with van der Waals surface area (Å²) in [4.78, 5) is 9.93. The van der Waals surface area contributed by atoms with Gasteiger partial charge in [-0.2, -0.15) is 0 Å². The highest BCUT2D eigenvalue weighted by atomic mass is 16.5. The van der Waals surface area contributed by atoms with Crippen molar-refractivity contribution in [2.45, 2.75) is 288 Å². The molecule has 0 amide bonds. The van der Waals surface area contributed by atoms with E-state index in [0.717, 1.165) is 282 Å². The van der Waals surface area contributed by atoms with Crippen LogP contribution >= 0.6 is 0 Å². The zero-order valence-corrected chi connectivity index (χ0v) is 83.5. The Labute approximate surface area is 816 Å². The van der Waals surface area contributed by atoms with E-state index in [2.05, 4.69) is 202 Å². The molecule has 0 heterocycles. The van der Waals surface area contributed by atoms with Gasteiger partial charge in [0.2, 0.25) is 0 Å². The van der Waals surface area contributed by atoms with E-state index in [1.54, 1.807) is 0 Å². The Morgan fingerprint density at radius 2 is 0.413 bits per heavy atom. The summed E-state index contributed by atoms with van der Waals surface area (Å²) in [5.41, 5.74) is 52.4. The first kappa shape index (κ1) is 107. The molecule has 8 aromatic carbocycles. The van der Waals surface area contributed by atoms with Crippen molar-refractivity contribution in [2.75, 3.05) is 52.9 Å². The molecule has 8 aromatic rings. The molecule has 0 spiro atoms. The third-order valence-electron chi connectivity index (χ3n) is 24.4. The Bertz CT molecular complexity index is 4910. The number of hydrogen-bond donors (Lipinski definition) is 20. The Kier molecular flexibility index (Phi) is 43.6. The number of nitrogens with one attached hydrogen (secondary N) is 9. The lowest BCUT2D eigenvalue weighted by Crippen LogP contribution is -2.76. The van der Waals surface area contributed by atoms with Crippen molar-refractivity contribution in [3.05, 3.63) is 231 Å². The summed E-state index contributed by atoms with van der Waals surface area (Å²) >= 11 is 0. The summed E-state index contributed by atoms with van der Waals surface area (Å²) in [5.74, 6) is 6.59. The van der Waals surface area contributed by atoms with Crippen molar-refractivity contribution in [3.63, 3.8) is 0 Å². The quantitative estimate of drug-likeness (QED) is 0.00957. The van der Waals surface area contributed by atoms with Crippen LogP contribution in [0.4, 0.5) is 0 Å². The van der Waals surface area contributed by atoms with E-state index in [1.165, 1.54) is 0 Å². The highest BCUT2D eigenvalue weighted by Gasteiger charge is 2.30. The van der Waals surface area contributed by atoms with Crippen LogP contribution in [0.3, 0.4) is 0 Å². The minimum absolute atomic E-state index is 0.0182. The number of unbranched alkanes of at least 4 members (excludes halogenated alkanes) is 9. The van der Waals surface area contributed by atoms with E-state index in [4.69, 9.17) is 97.5 Å². The monoisotopic (exact) mass is 1900 g/mol. The summed E-state index contributed by atoms with van der Waals surface area (Å²) in [7, 11) is 0. The molecular weight excluding hydrogens is 1740 g/mol. The van der Waals surface area contributed by atoms with Crippen LogP contribution in [-0.2, 0) is 104 Å². The molecule has 2 aliphatic carbocycles. The molecule has 746 valence electrons. The van der Waals surface area contributed by atoms with Crippen LogP contribution in [0, 0.1) is 16.2 Å². The maximum atomic E-state index is 12.1. The van der Waals surface area contributed by atoms with Crippen LogP contribution < -0.4 is 120 Å². The molecule has 0 saturated carbocycles. The summed E-state index contributed by atoms with van der Waals surface area (Å²) in [6.07, 6.45) is 18.5. The lowest BCUT2D eigenvalue weighted by atomic mass is 9.88. The highest BCUT2D eigenvalue weighted by Crippen LogP contribution is 2.45. The van der Waals surface area contributed by atoms with Crippen molar-refractivity contribution in [1.29, 1.82) is 16.2 Å². The Hall–Kier alpha value is -12.8. The number of ether oxygens (including phenoxy) is 8. The van der Waals surface area contributed by atoms with Gasteiger partial charge in [-0.05, 0) is 295 Å². The van der Waals surface area contributed by atoms with Crippen LogP contribution in [0.15, 0.2) is 107 Å². The molecule has 0 aromatic heterocycles. The molecule has 0 saturated heterocycles. The topological polar surface area (TPSA) is 520 Å². The van der Waals surface area contributed by atoms with E-state index in [-0.39, 0.29) is 62.2 Å². The van der Waals surface area contributed by atoms with Gasteiger partial charge in [-0.3, -0.25) is 43.4 Å². The van der Waals surface area contributed by atoms with E-state index >= 15 is 0 Å². The molecule has 0 fully saturated rings. The fourth-order valence-electron chi connectivity index (χ4n) is 17.5. The minimum atomic E-state index is -0.158. The molecule has 16 bridgehead atoms. The standard InChI is InChI=1S/C108H154N20O10/c1-9-17-29-131-95-77-37-69(38-78(95)54-82-42-72(64-124-104(111)112)46-86(98(82)134-32-20-12-4)58-90-50-75(67-127-107(117)118)49-89(101(90)137-35-23-15-7)57-85-45-71(63-123-103(109)110)41-81(53-77)97(85)133-31-19-11-3)61-121-93(129)27-25-26-28-94(130)122-62-70-39-79-55-83-43-73(65-125-105(113)114)47-87(99(83)135-33-21-13-5)59-91-51-76(68-128-108(119)120)52-92(102(91)138-36-24-16-8)60-88-48-74(66-126-106(115)116)44-84(100(88)136-34-22-14-6)56-80(40-70)96(79)132-30-18-10-2/h37-52H,9-36,53-68H2,1-8H3,(H,121,129)(H,122,130)(H4,109,110,123)(H4,111,112,124)(H4,113,114,125)(H4,115,116,126)(H4,117,118,127)(H4,119,120,128)/p+6. The number of hydrogen-bond acceptors (Lipinski definition) is 13. The fraction of sp³-hybridized carbons (Fsp3) is 0.481. The van der Waals surface area contributed by atoms with Crippen molar-refractivity contribution < 1.29 is 81.5 Å². The predicted octanol–water partition coefficient (Wildman–Crippen LogP) is 9.93. The first-order chi connectivity index (χ1) is 66.8. The minimum Gasteiger partial charge on any atom is -0.497 e. The van der Waals surface area contributed by atoms with Gasteiger partial charge in [0.1, 0.15) is 65.6 Å². The van der Waals surface area contributed by atoms with E-state index in [1.807, 2.05) is 0 Å². The van der Waals surface area contributed by atoms with E-state index < -0.39 is 0 Å². The van der Waals surface area contributed by atoms with Crippen LogP contribution in [0.25, 0.3) is 0 Å². The average Bonchev–Trinajstić information content (AvgIpc) is 0.773. The normalized spacial score (nSPS) is 12.4. The molecule has 10 rings (SSSR count). The number of quaternary nitrogens is 3. The number of aliphatic imine (C=N–C) groups is 2. The Morgan fingerprint density at radius 3 is 0.551 bits per heavy atom. The number of nitrogens with zero attached hydrogens (tertiary/aromatic N) is 2. The fourth-order valence-corrected chi connectivity index (χ4v) is 17.5. The van der Waals surface area contributed by atoms with Gasteiger partial charge >= 0.3 is 17.9 Å². The van der Waals surface area contributed by atoms with Gasteiger partial charge in [0.25, 0.3) is 0 Å². The molecule has 138 heavy (non-hydrogen) atoms.